The van der Waals surface area contributed by atoms with Gasteiger partial charge in [0.2, 0.25) is 0 Å². The molecule has 0 aromatic carbocycles. The molecule has 0 fully saturated rings. The second kappa shape index (κ2) is 6.51. The molecule has 7 nitrogen and oxygen atoms in total. The normalized spacial score (nSPS) is 13.7. The standard InChI is InChI=1S/C18H18N4O3/c1-12-9-14(21-25-12)18(23)22-8-6-16-15(11-22)20-17(24-16)5-4-13-3-2-7-19-10-13/h2-3,7,9-10H,4-6,8,11H2,1H3. The van der Waals surface area contributed by atoms with Crippen LogP contribution in [0.15, 0.2) is 39.5 Å². The van der Waals surface area contributed by atoms with Crippen LogP contribution < -0.4 is 0 Å². The number of pyridine rings is 1. The summed E-state index contributed by atoms with van der Waals surface area (Å²) in [5, 5.41) is 3.80. The number of aryl methyl sites for hydroxylation is 3. The van der Waals surface area contributed by atoms with Gasteiger partial charge in [-0.2, -0.15) is 0 Å². The van der Waals surface area contributed by atoms with Crippen molar-refractivity contribution in [2.45, 2.75) is 32.7 Å². The lowest BCUT2D eigenvalue weighted by Gasteiger charge is -2.24. The quantitative estimate of drug-likeness (QED) is 0.726. The first-order chi connectivity index (χ1) is 12.2. The van der Waals surface area contributed by atoms with Gasteiger partial charge in [0.15, 0.2) is 11.6 Å². The molecule has 0 spiro atoms. The number of carbonyl (C=O) groups excluding carboxylic acids is 1. The van der Waals surface area contributed by atoms with Crippen LogP contribution in [0.5, 0.6) is 0 Å². The zero-order valence-corrected chi connectivity index (χ0v) is 13.9. The van der Waals surface area contributed by atoms with E-state index in [4.69, 9.17) is 8.94 Å². The van der Waals surface area contributed by atoms with E-state index in [-0.39, 0.29) is 5.91 Å². The van der Waals surface area contributed by atoms with Crippen LogP contribution in [0.4, 0.5) is 0 Å². The highest BCUT2D eigenvalue weighted by molar-refractivity contribution is 5.92. The second-order valence-electron chi connectivity index (χ2n) is 6.14. The molecule has 1 aliphatic heterocycles. The summed E-state index contributed by atoms with van der Waals surface area (Å²) in [6.07, 6.45) is 5.82. The summed E-state index contributed by atoms with van der Waals surface area (Å²) in [6.45, 7) is 2.80. The number of amides is 1. The van der Waals surface area contributed by atoms with Crippen molar-refractivity contribution >= 4 is 5.91 Å². The smallest absolute Gasteiger partial charge is 0.276 e. The Kier molecular flexibility index (Phi) is 4.05. The summed E-state index contributed by atoms with van der Waals surface area (Å²) in [5.41, 5.74) is 2.32. The molecule has 1 amide bonds. The second-order valence-corrected chi connectivity index (χ2v) is 6.14. The number of rotatable bonds is 4. The first kappa shape index (κ1) is 15.6. The number of fused-ring (bicyclic) bond motifs is 1. The maximum atomic E-state index is 12.5. The fourth-order valence-corrected chi connectivity index (χ4v) is 2.96. The van der Waals surface area contributed by atoms with Gasteiger partial charge in [0, 0.05) is 37.8 Å². The Morgan fingerprint density at radius 2 is 2.28 bits per heavy atom. The average molecular weight is 338 g/mol. The van der Waals surface area contributed by atoms with Gasteiger partial charge in [0.05, 0.1) is 6.54 Å². The highest BCUT2D eigenvalue weighted by Crippen LogP contribution is 2.22. The first-order valence-electron chi connectivity index (χ1n) is 8.28. The fourth-order valence-electron chi connectivity index (χ4n) is 2.96. The van der Waals surface area contributed by atoms with E-state index < -0.39 is 0 Å². The monoisotopic (exact) mass is 338 g/mol. The van der Waals surface area contributed by atoms with Crippen LogP contribution in [0.3, 0.4) is 0 Å². The van der Waals surface area contributed by atoms with E-state index >= 15 is 0 Å². The molecule has 3 aromatic rings. The third-order valence-electron chi connectivity index (χ3n) is 4.26. The molecular formula is C18H18N4O3. The van der Waals surface area contributed by atoms with Crippen LogP contribution in [0.25, 0.3) is 0 Å². The van der Waals surface area contributed by atoms with Crippen LogP contribution in [-0.4, -0.2) is 32.5 Å². The molecule has 1 aliphatic rings. The summed E-state index contributed by atoms with van der Waals surface area (Å²) >= 11 is 0. The van der Waals surface area contributed by atoms with Crippen molar-refractivity contribution in [3.05, 3.63) is 65.0 Å². The Labute approximate surface area is 144 Å². The summed E-state index contributed by atoms with van der Waals surface area (Å²) in [5.74, 6) is 2.07. The van der Waals surface area contributed by atoms with Crippen LogP contribution in [0, 0.1) is 6.92 Å². The van der Waals surface area contributed by atoms with E-state index in [1.807, 2.05) is 18.3 Å². The van der Waals surface area contributed by atoms with E-state index in [1.165, 1.54) is 0 Å². The molecule has 4 rings (SSSR count). The number of nitrogens with zero attached hydrogens (tertiary/aromatic N) is 4. The Morgan fingerprint density at radius 1 is 1.36 bits per heavy atom. The van der Waals surface area contributed by atoms with Crippen molar-refractivity contribution in [3.8, 4) is 0 Å². The van der Waals surface area contributed by atoms with Gasteiger partial charge in [0.25, 0.3) is 5.91 Å². The Morgan fingerprint density at radius 3 is 3.04 bits per heavy atom. The zero-order chi connectivity index (χ0) is 17.2. The lowest BCUT2D eigenvalue weighted by Crippen LogP contribution is -2.36. The van der Waals surface area contributed by atoms with E-state index in [0.29, 0.717) is 36.9 Å². The molecule has 25 heavy (non-hydrogen) atoms. The SMILES string of the molecule is Cc1cc(C(=O)N2CCc3oc(CCc4cccnc4)nc3C2)no1. The van der Waals surface area contributed by atoms with E-state index in [0.717, 1.165) is 29.9 Å². The number of oxazole rings is 1. The molecule has 0 bridgehead atoms. The van der Waals surface area contributed by atoms with Crippen LogP contribution in [-0.2, 0) is 25.8 Å². The average Bonchev–Trinajstić information content (AvgIpc) is 3.25. The molecule has 0 unspecified atom stereocenters. The fraction of sp³-hybridized carbons (Fsp3) is 0.333. The van der Waals surface area contributed by atoms with E-state index in [9.17, 15) is 4.79 Å². The molecule has 0 radical (unpaired) electrons. The predicted octanol–water partition coefficient (Wildman–Crippen LogP) is 2.35. The zero-order valence-electron chi connectivity index (χ0n) is 13.9. The molecule has 128 valence electrons. The van der Waals surface area contributed by atoms with Gasteiger partial charge < -0.3 is 13.8 Å². The largest absolute Gasteiger partial charge is 0.445 e. The minimum atomic E-state index is -0.137. The van der Waals surface area contributed by atoms with Gasteiger partial charge in [0.1, 0.15) is 17.2 Å². The molecular weight excluding hydrogens is 320 g/mol. The third-order valence-corrected chi connectivity index (χ3v) is 4.26. The van der Waals surface area contributed by atoms with Crippen molar-refractivity contribution in [2.75, 3.05) is 6.54 Å². The van der Waals surface area contributed by atoms with Gasteiger partial charge in [-0.05, 0) is 25.0 Å². The van der Waals surface area contributed by atoms with Crippen LogP contribution in [0.1, 0.15) is 39.2 Å². The maximum Gasteiger partial charge on any atom is 0.276 e. The van der Waals surface area contributed by atoms with Crippen molar-refractivity contribution in [1.29, 1.82) is 0 Å². The van der Waals surface area contributed by atoms with Crippen molar-refractivity contribution in [2.24, 2.45) is 0 Å². The lowest BCUT2D eigenvalue weighted by molar-refractivity contribution is 0.0717. The predicted molar refractivity (Wildman–Crippen MR) is 87.8 cm³/mol. The summed E-state index contributed by atoms with van der Waals surface area (Å²) in [4.78, 5) is 22.9. The van der Waals surface area contributed by atoms with E-state index in [2.05, 4.69) is 15.1 Å². The summed E-state index contributed by atoms with van der Waals surface area (Å²) in [6, 6.07) is 5.61. The molecule has 0 atom stereocenters. The number of aromatic nitrogens is 3. The Hall–Kier alpha value is -2.96. The molecule has 7 heteroatoms. The van der Waals surface area contributed by atoms with Crippen LogP contribution >= 0.6 is 0 Å². The third kappa shape index (κ3) is 3.31. The molecule has 3 aromatic heterocycles. The lowest BCUT2D eigenvalue weighted by atomic mass is 10.1. The van der Waals surface area contributed by atoms with Gasteiger partial charge in [-0.3, -0.25) is 9.78 Å². The van der Waals surface area contributed by atoms with Gasteiger partial charge in [-0.15, -0.1) is 0 Å². The number of hydrogen-bond acceptors (Lipinski definition) is 6. The summed E-state index contributed by atoms with van der Waals surface area (Å²) < 4.78 is 10.8. The highest BCUT2D eigenvalue weighted by Gasteiger charge is 2.27. The topological polar surface area (TPSA) is 85.3 Å². The Bertz CT molecular complexity index is 885. The van der Waals surface area contributed by atoms with Crippen molar-refractivity contribution in [3.63, 3.8) is 0 Å². The van der Waals surface area contributed by atoms with Gasteiger partial charge in [-0.25, -0.2) is 4.98 Å². The van der Waals surface area contributed by atoms with E-state index in [1.54, 1.807) is 24.1 Å². The Balaban J connectivity index is 1.43. The van der Waals surface area contributed by atoms with Crippen molar-refractivity contribution < 1.29 is 13.7 Å². The minimum absolute atomic E-state index is 0.137. The maximum absolute atomic E-state index is 12.5. The molecule has 0 saturated carbocycles. The molecule has 0 aliphatic carbocycles. The van der Waals surface area contributed by atoms with Gasteiger partial charge in [-0.1, -0.05) is 11.2 Å². The summed E-state index contributed by atoms with van der Waals surface area (Å²) in [7, 11) is 0. The van der Waals surface area contributed by atoms with Crippen molar-refractivity contribution in [1.82, 2.24) is 20.0 Å². The number of hydrogen-bond donors (Lipinski definition) is 0. The highest BCUT2D eigenvalue weighted by atomic mass is 16.5. The minimum Gasteiger partial charge on any atom is -0.445 e. The molecule has 0 saturated heterocycles. The molecule has 0 N–H and O–H groups in total. The van der Waals surface area contributed by atoms with Gasteiger partial charge >= 0.3 is 0 Å². The number of carbonyl (C=O) groups is 1. The molecule has 4 heterocycles. The van der Waals surface area contributed by atoms with Crippen LogP contribution in [0.2, 0.25) is 0 Å². The first-order valence-corrected chi connectivity index (χ1v) is 8.28.